The van der Waals surface area contributed by atoms with Gasteiger partial charge in [-0.1, -0.05) is 30.3 Å². The van der Waals surface area contributed by atoms with Gasteiger partial charge in [0.2, 0.25) is 0 Å². The Labute approximate surface area is 128 Å². The minimum absolute atomic E-state index is 0.688. The van der Waals surface area contributed by atoms with Crippen LogP contribution in [0.2, 0.25) is 0 Å². The van der Waals surface area contributed by atoms with Crippen molar-refractivity contribution in [3.63, 3.8) is 0 Å². The summed E-state index contributed by atoms with van der Waals surface area (Å²) in [6, 6.07) is 10.2. The average Bonchev–Trinajstić information content (AvgIpc) is 2.47. The molecule has 2 rings (SSSR count). The molecule has 0 saturated heterocycles. The highest BCUT2D eigenvalue weighted by Gasteiger charge is 2.20. The maximum Gasteiger partial charge on any atom is 0.673 e. The molecule has 0 radical (unpaired) electrons. The van der Waals surface area contributed by atoms with Crippen molar-refractivity contribution in [1.29, 1.82) is 0 Å². The first-order chi connectivity index (χ1) is 10.4. The van der Waals surface area contributed by atoms with Crippen LogP contribution >= 0.6 is 0 Å². The lowest BCUT2D eigenvalue weighted by Gasteiger charge is -2.12. The predicted octanol–water partition coefficient (Wildman–Crippen LogP) is 4.99. The summed E-state index contributed by atoms with van der Waals surface area (Å²) in [6.45, 7) is 3.66. The Balaban J connectivity index is 0.000000422. The second kappa shape index (κ2) is 9.28. The highest BCUT2D eigenvalue weighted by molar-refractivity contribution is 6.50. The zero-order valence-electron chi connectivity index (χ0n) is 12.4. The molecule has 0 fully saturated rings. The van der Waals surface area contributed by atoms with E-state index in [0.717, 1.165) is 24.3 Å². The lowest BCUT2D eigenvalue weighted by atomic mass is 10.1. The quantitative estimate of drug-likeness (QED) is 0.436. The van der Waals surface area contributed by atoms with E-state index in [4.69, 9.17) is 4.74 Å². The molecule has 0 N–H and O–H groups in total. The Morgan fingerprint density at radius 1 is 1.18 bits per heavy atom. The Hall–Kier alpha value is -1.79. The molecular weight excluding hydrogens is 297 g/mol. The Morgan fingerprint density at radius 3 is 2.32 bits per heavy atom. The van der Waals surface area contributed by atoms with Crippen LogP contribution in [0.3, 0.4) is 0 Å². The molecule has 0 unspecified atom stereocenters. The van der Waals surface area contributed by atoms with Gasteiger partial charge < -0.3 is 22.0 Å². The summed E-state index contributed by atoms with van der Waals surface area (Å²) in [7, 11) is -6.00. The average molecular weight is 316 g/mol. The van der Waals surface area contributed by atoms with Gasteiger partial charge >= 0.3 is 7.25 Å². The SMILES string of the molecule is CCOC(=CC1=NCCCC1)c1ccccc1.F[B-](F)(F)F. The fourth-order valence-electron chi connectivity index (χ4n) is 1.96. The predicted molar refractivity (Wildman–Crippen MR) is 82.4 cm³/mol. The van der Waals surface area contributed by atoms with E-state index < -0.39 is 7.25 Å². The monoisotopic (exact) mass is 316 g/mol. The van der Waals surface area contributed by atoms with Crippen molar-refractivity contribution < 1.29 is 22.0 Å². The summed E-state index contributed by atoms with van der Waals surface area (Å²) >= 11 is 0. The van der Waals surface area contributed by atoms with Crippen LogP contribution in [0, 0.1) is 0 Å². The van der Waals surface area contributed by atoms with Crippen LogP contribution in [-0.2, 0) is 4.74 Å². The van der Waals surface area contributed by atoms with Gasteiger partial charge in [0.05, 0.1) is 6.61 Å². The van der Waals surface area contributed by atoms with Crippen LogP contribution in [0.25, 0.3) is 5.76 Å². The summed E-state index contributed by atoms with van der Waals surface area (Å²) in [6.07, 6.45) is 5.62. The number of halogens is 4. The van der Waals surface area contributed by atoms with Crippen LogP contribution < -0.4 is 0 Å². The highest BCUT2D eigenvalue weighted by Crippen LogP contribution is 2.18. The van der Waals surface area contributed by atoms with Crippen molar-refractivity contribution in [2.45, 2.75) is 26.2 Å². The molecular formula is C15H19BF4NO-. The van der Waals surface area contributed by atoms with E-state index in [9.17, 15) is 17.3 Å². The first-order valence-corrected chi connectivity index (χ1v) is 7.20. The molecule has 1 aromatic carbocycles. The third-order valence-electron chi connectivity index (χ3n) is 2.81. The number of hydrogen-bond acceptors (Lipinski definition) is 2. The molecule has 0 amide bonds. The van der Waals surface area contributed by atoms with E-state index >= 15 is 0 Å². The van der Waals surface area contributed by atoms with Crippen LogP contribution in [-0.4, -0.2) is 26.1 Å². The van der Waals surface area contributed by atoms with Crippen molar-refractivity contribution in [1.82, 2.24) is 0 Å². The molecule has 0 saturated carbocycles. The minimum Gasteiger partial charge on any atom is -0.493 e. The van der Waals surface area contributed by atoms with Crippen LogP contribution in [0.5, 0.6) is 0 Å². The summed E-state index contributed by atoms with van der Waals surface area (Å²) in [4.78, 5) is 4.54. The fraction of sp³-hybridized carbons (Fsp3) is 0.400. The summed E-state index contributed by atoms with van der Waals surface area (Å²) < 4.78 is 44.7. The van der Waals surface area contributed by atoms with Gasteiger partial charge in [-0.05, 0) is 26.2 Å². The molecule has 0 aliphatic carbocycles. The lowest BCUT2D eigenvalue weighted by molar-refractivity contribution is 0.298. The van der Waals surface area contributed by atoms with Crippen LogP contribution in [0.15, 0.2) is 41.4 Å². The largest absolute Gasteiger partial charge is 0.673 e. The van der Waals surface area contributed by atoms with E-state index in [-0.39, 0.29) is 0 Å². The van der Waals surface area contributed by atoms with Gasteiger partial charge in [-0.2, -0.15) is 0 Å². The molecule has 0 atom stereocenters. The van der Waals surface area contributed by atoms with E-state index in [1.54, 1.807) is 0 Å². The maximum absolute atomic E-state index is 9.75. The number of benzene rings is 1. The molecule has 0 aromatic heterocycles. The van der Waals surface area contributed by atoms with Gasteiger partial charge in [0.1, 0.15) is 5.76 Å². The summed E-state index contributed by atoms with van der Waals surface area (Å²) in [5.41, 5.74) is 2.30. The highest BCUT2D eigenvalue weighted by atomic mass is 19.5. The maximum atomic E-state index is 9.75. The van der Waals surface area contributed by atoms with Crippen molar-refractivity contribution in [3.8, 4) is 0 Å². The lowest BCUT2D eigenvalue weighted by Crippen LogP contribution is -2.05. The van der Waals surface area contributed by atoms with Gasteiger partial charge in [-0.15, -0.1) is 0 Å². The van der Waals surface area contributed by atoms with Gasteiger partial charge in [0.25, 0.3) is 0 Å². The molecule has 122 valence electrons. The van der Waals surface area contributed by atoms with Gasteiger partial charge in [-0.25, -0.2) is 0 Å². The first kappa shape index (κ1) is 18.3. The number of allylic oxidation sites excluding steroid dienone is 1. The Bertz CT molecular complexity index is 494. The van der Waals surface area contributed by atoms with Crippen molar-refractivity contribution >= 4 is 18.7 Å². The zero-order chi connectivity index (χ0) is 16.4. The van der Waals surface area contributed by atoms with Crippen molar-refractivity contribution in [2.24, 2.45) is 4.99 Å². The first-order valence-electron chi connectivity index (χ1n) is 7.20. The molecule has 1 aliphatic heterocycles. The summed E-state index contributed by atoms with van der Waals surface area (Å²) in [5.74, 6) is 0.939. The van der Waals surface area contributed by atoms with E-state index in [1.807, 2.05) is 25.1 Å². The molecule has 1 aromatic rings. The number of rotatable bonds is 4. The second-order valence-corrected chi connectivity index (χ2v) is 4.63. The second-order valence-electron chi connectivity index (χ2n) is 4.63. The Kier molecular flexibility index (Phi) is 7.70. The van der Waals surface area contributed by atoms with Crippen molar-refractivity contribution in [3.05, 3.63) is 42.0 Å². The number of ether oxygens (including phenoxy) is 1. The van der Waals surface area contributed by atoms with Gasteiger partial charge in [0.15, 0.2) is 0 Å². The minimum atomic E-state index is -6.00. The van der Waals surface area contributed by atoms with E-state index in [1.165, 1.54) is 18.6 Å². The van der Waals surface area contributed by atoms with Gasteiger partial charge in [-0.3, -0.25) is 4.99 Å². The molecule has 1 heterocycles. The Morgan fingerprint density at radius 2 is 1.82 bits per heavy atom. The van der Waals surface area contributed by atoms with E-state index in [0.29, 0.717) is 6.61 Å². The molecule has 22 heavy (non-hydrogen) atoms. The standard InChI is InChI=1S/C15H19NO.BF4/c1-2-17-15(13-8-4-3-5-9-13)12-14-10-6-7-11-16-14;2-1(3,4)5/h3-5,8-9,12H,2,6-7,10-11H2,1H3;/q;-1. The molecule has 0 spiro atoms. The third kappa shape index (κ3) is 8.49. The smallest absolute Gasteiger partial charge is 0.493 e. The molecule has 2 nitrogen and oxygen atoms in total. The number of nitrogens with zero attached hydrogens (tertiary/aromatic N) is 1. The normalized spacial score (nSPS) is 15.5. The van der Waals surface area contributed by atoms with E-state index in [2.05, 4.69) is 23.2 Å². The van der Waals surface area contributed by atoms with Crippen LogP contribution in [0.4, 0.5) is 17.3 Å². The van der Waals surface area contributed by atoms with Crippen molar-refractivity contribution in [2.75, 3.05) is 13.2 Å². The topological polar surface area (TPSA) is 21.6 Å². The van der Waals surface area contributed by atoms with Crippen LogP contribution in [0.1, 0.15) is 31.7 Å². The fourth-order valence-corrected chi connectivity index (χ4v) is 1.96. The third-order valence-corrected chi connectivity index (χ3v) is 2.81. The summed E-state index contributed by atoms with van der Waals surface area (Å²) in [5, 5.41) is 0. The zero-order valence-corrected chi connectivity index (χ0v) is 12.4. The number of aliphatic imine (C=N–C) groups is 1. The molecule has 0 bridgehead atoms. The number of hydrogen-bond donors (Lipinski definition) is 0. The molecule has 1 aliphatic rings. The van der Waals surface area contributed by atoms with Gasteiger partial charge in [0, 0.05) is 23.9 Å². The molecule has 7 heteroatoms.